The number of unbranched alkanes of at least 4 members (excludes halogenated alkanes) is 4. The number of oxazole rings is 1. The normalized spacial score (nSPS) is 12.9. The molecule has 1 atom stereocenters. The minimum absolute atomic E-state index is 0.562. The molecule has 3 nitrogen and oxygen atoms in total. The molecule has 0 fully saturated rings. The summed E-state index contributed by atoms with van der Waals surface area (Å²) in [5.74, 6) is 0.915. The minimum atomic E-state index is 0.562. The van der Waals surface area contributed by atoms with Gasteiger partial charge in [0.25, 0.3) is 0 Å². The molecule has 0 saturated carbocycles. The number of nitrogens with one attached hydrogen (secondary N) is 1. The topological polar surface area (TPSA) is 38.1 Å². The van der Waals surface area contributed by atoms with E-state index in [1.807, 2.05) is 0 Å². The van der Waals surface area contributed by atoms with Crippen LogP contribution < -0.4 is 5.32 Å². The van der Waals surface area contributed by atoms with Gasteiger partial charge in [-0.15, -0.1) is 0 Å². The van der Waals surface area contributed by atoms with E-state index in [4.69, 9.17) is 4.42 Å². The summed E-state index contributed by atoms with van der Waals surface area (Å²) < 4.78 is 5.17. The van der Waals surface area contributed by atoms with Crippen LogP contribution in [0.15, 0.2) is 17.0 Å². The van der Waals surface area contributed by atoms with E-state index in [-0.39, 0.29) is 0 Å². The van der Waals surface area contributed by atoms with Gasteiger partial charge in [0.2, 0.25) is 0 Å². The van der Waals surface area contributed by atoms with E-state index in [2.05, 4.69) is 24.1 Å². The Hall–Kier alpha value is -0.830. The summed E-state index contributed by atoms with van der Waals surface area (Å²) in [6, 6.07) is 0.562. The number of hydrogen-bond donors (Lipinski definition) is 1. The summed E-state index contributed by atoms with van der Waals surface area (Å²) in [4.78, 5) is 3.89. The van der Waals surface area contributed by atoms with Crippen LogP contribution in [0.4, 0.5) is 0 Å². The zero-order valence-electron chi connectivity index (χ0n) is 10.5. The zero-order valence-corrected chi connectivity index (χ0v) is 10.5. The molecule has 0 spiro atoms. The Morgan fingerprint density at radius 2 is 2.12 bits per heavy atom. The van der Waals surface area contributed by atoms with Crippen molar-refractivity contribution in [3.8, 4) is 0 Å². The smallest absolute Gasteiger partial charge is 0.180 e. The molecule has 1 aromatic rings. The molecule has 0 aromatic carbocycles. The van der Waals surface area contributed by atoms with Crippen molar-refractivity contribution in [1.29, 1.82) is 0 Å². The van der Waals surface area contributed by atoms with Gasteiger partial charge in [0, 0.05) is 6.04 Å². The second-order valence-electron chi connectivity index (χ2n) is 4.45. The van der Waals surface area contributed by atoms with Gasteiger partial charge in [-0.2, -0.15) is 0 Å². The van der Waals surface area contributed by atoms with E-state index in [0.717, 1.165) is 12.3 Å². The highest BCUT2D eigenvalue weighted by atomic mass is 16.3. The fourth-order valence-electron chi connectivity index (χ4n) is 1.76. The third kappa shape index (κ3) is 5.91. The van der Waals surface area contributed by atoms with Crippen LogP contribution in [-0.2, 0) is 6.54 Å². The largest absolute Gasteiger partial charge is 0.447 e. The van der Waals surface area contributed by atoms with Crippen molar-refractivity contribution in [3.05, 3.63) is 18.4 Å². The third-order valence-corrected chi connectivity index (χ3v) is 2.85. The van der Waals surface area contributed by atoms with Crippen molar-refractivity contribution in [3.63, 3.8) is 0 Å². The molecule has 0 radical (unpaired) electrons. The van der Waals surface area contributed by atoms with Gasteiger partial charge in [0.05, 0.1) is 12.7 Å². The number of nitrogens with zero attached hydrogens (tertiary/aromatic N) is 1. The van der Waals surface area contributed by atoms with E-state index in [1.165, 1.54) is 44.9 Å². The first-order chi connectivity index (χ1) is 7.83. The summed E-state index contributed by atoms with van der Waals surface area (Å²) in [5, 5.41) is 3.44. The Morgan fingerprint density at radius 1 is 1.31 bits per heavy atom. The van der Waals surface area contributed by atoms with Crippen LogP contribution in [0, 0.1) is 0 Å². The standard InChI is InChI=1S/C13H24N2O/c1-3-4-5-6-7-8-12(2)15-10-13-9-14-11-16-13/h9,11-12,15H,3-8,10H2,1-2H3. The van der Waals surface area contributed by atoms with Gasteiger partial charge in [-0.25, -0.2) is 4.98 Å². The lowest BCUT2D eigenvalue weighted by Crippen LogP contribution is -2.25. The van der Waals surface area contributed by atoms with Gasteiger partial charge in [-0.1, -0.05) is 39.0 Å². The first-order valence-corrected chi connectivity index (χ1v) is 6.43. The van der Waals surface area contributed by atoms with Gasteiger partial charge in [-0.05, 0) is 13.3 Å². The summed E-state index contributed by atoms with van der Waals surface area (Å²) in [6.45, 7) is 5.27. The van der Waals surface area contributed by atoms with Crippen LogP contribution in [0.3, 0.4) is 0 Å². The molecule has 1 rings (SSSR count). The lowest BCUT2D eigenvalue weighted by molar-refractivity contribution is 0.431. The first-order valence-electron chi connectivity index (χ1n) is 6.43. The van der Waals surface area contributed by atoms with Crippen LogP contribution in [0.2, 0.25) is 0 Å². The quantitative estimate of drug-likeness (QED) is 0.652. The van der Waals surface area contributed by atoms with Crippen LogP contribution in [0.1, 0.15) is 58.1 Å². The first kappa shape index (κ1) is 13.2. The number of hydrogen-bond acceptors (Lipinski definition) is 3. The fourth-order valence-corrected chi connectivity index (χ4v) is 1.76. The van der Waals surface area contributed by atoms with E-state index in [1.54, 1.807) is 6.20 Å². The van der Waals surface area contributed by atoms with Crippen LogP contribution >= 0.6 is 0 Å². The highest BCUT2D eigenvalue weighted by Gasteiger charge is 2.02. The Bertz CT molecular complexity index is 246. The van der Waals surface area contributed by atoms with Crippen molar-refractivity contribution in [2.24, 2.45) is 0 Å². The molecule has 0 saturated heterocycles. The van der Waals surface area contributed by atoms with Crippen molar-refractivity contribution < 1.29 is 4.42 Å². The molecule has 3 heteroatoms. The zero-order chi connectivity index (χ0) is 11.6. The molecule has 92 valence electrons. The average molecular weight is 224 g/mol. The Morgan fingerprint density at radius 3 is 2.81 bits per heavy atom. The minimum Gasteiger partial charge on any atom is -0.447 e. The fraction of sp³-hybridized carbons (Fsp3) is 0.769. The predicted octanol–water partition coefficient (Wildman–Crippen LogP) is 3.51. The summed E-state index contributed by atoms with van der Waals surface area (Å²) in [5.41, 5.74) is 0. The van der Waals surface area contributed by atoms with E-state index >= 15 is 0 Å². The van der Waals surface area contributed by atoms with Gasteiger partial charge in [0.15, 0.2) is 6.39 Å². The third-order valence-electron chi connectivity index (χ3n) is 2.85. The molecule has 1 heterocycles. The molecule has 1 aromatic heterocycles. The molecule has 1 unspecified atom stereocenters. The molecule has 0 bridgehead atoms. The Kier molecular flexibility index (Phi) is 6.90. The lowest BCUT2D eigenvalue weighted by Gasteiger charge is -2.12. The van der Waals surface area contributed by atoms with Crippen LogP contribution in [0.5, 0.6) is 0 Å². The monoisotopic (exact) mass is 224 g/mol. The second-order valence-corrected chi connectivity index (χ2v) is 4.45. The van der Waals surface area contributed by atoms with E-state index < -0.39 is 0 Å². The summed E-state index contributed by atoms with van der Waals surface area (Å²) in [6.07, 6.45) is 11.3. The van der Waals surface area contributed by atoms with Crippen LogP contribution in [-0.4, -0.2) is 11.0 Å². The maximum atomic E-state index is 5.17. The van der Waals surface area contributed by atoms with E-state index in [0.29, 0.717) is 6.04 Å². The Labute approximate surface area is 98.6 Å². The molecule has 1 N–H and O–H groups in total. The second kappa shape index (κ2) is 8.34. The van der Waals surface area contributed by atoms with Gasteiger partial charge < -0.3 is 9.73 Å². The maximum absolute atomic E-state index is 5.17. The van der Waals surface area contributed by atoms with E-state index in [9.17, 15) is 0 Å². The van der Waals surface area contributed by atoms with Crippen molar-refractivity contribution in [2.75, 3.05) is 0 Å². The van der Waals surface area contributed by atoms with Crippen molar-refractivity contribution in [1.82, 2.24) is 10.3 Å². The highest BCUT2D eigenvalue weighted by molar-refractivity contribution is 4.87. The summed E-state index contributed by atoms with van der Waals surface area (Å²) >= 11 is 0. The van der Waals surface area contributed by atoms with Gasteiger partial charge in [-0.3, -0.25) is 0 Å². The van der Waals surface area contributed by atoms with Gasteiger partial charge in [0.1, 0.15) is 5.76 Å². The molecular formula is C13H24N2O. The molecule has 16 heavy (non-hydrogen) atoms. The Balaban J connectivity index is 1.96. The summed E-state index contributed by atoms with van der Waals surface area (Å²) in [7, 11) is 0. The van der Waals surface area contributed by atoms with Crippen molar-refractivity contribution in [2.45, 2.75) is 65.0 Å². The lowest BCUT2D eigenvalue weighted by atomic mass is 10.1. The van der Waals surface area contributed by atoms with Crippen LogP contribution in [0.25, 0.3) is 0 Å². The average Bonchev–Trinajstić information content (AvgIpc) is 2.79. The predicted molar refractivity (Wildman–Crippen MR) is 66.2 cm³/mol. The molecular weight excluding hydrogens is 200 g/mol. The number of aromatic nitrogens is 1. The van der Waals surface area contributed by atoms with Gasteiger partial charge >= 0.3 is 0 Å². The molecule has 0 amide bonds. The SMILES string of the molecule is CCCCCCCC(C)NCc1cnco1. The highest BCUT2D eigenvalue weighted by Crippen LogP contribution is 2.07. The van der Waals surface area contributed by atoms with Crippen molar-refractivity contribution >= 4 is 0 Å². The molecule has 0 aliphatic heterocycles. The molecule has 0 aliphatic carbocycles. The molecule has 0 aliphatic rings. The maximum Gasteiger partial charge on any atom is 0.180 e. The number of rotatable bonds is 9.